The van der Waals surface area contributed by atoms with Crippen molar-refractivity contribution in [1.82, 2.24) is 5.01 Å². The molecule has 28 heavy (non-hydrogen) atoms. The molecular weight excluding hydrogens is 377 g/mol. The Balaban J connectivity index is 1.91. The zero-order valence-electron chi connectivity index (χ0n) is 15.8. The molecule has 0 aromatic heterocycles. The fraction of sp³-hybridized carbons (Fsp3) is 0.579. The second kappa shape index (κ2) is 7.62. The van der Waals surface area contributed by atoms with Gasteiger partial charge >= 0.3 is 6.18 Å². The third kappa shape index (κ3) is 3.43. The normalized spacial score (nSPS) is 25.0. The highest BCUT2D eigenvalue weighted by Crippen LogP contribution is 2.47. The van der Waals surface area contributed by atoms with Crippen LogP contribution in [0.1, 0.15) is 37.7 Å². The van der Waals surface area contributed by atoms with Crippen LogP contribution in [0.3, 0.4) is 0 Å². The average molecular weight is 400 g/mol. The third-order valence-corrected chi connectivity index (χ3v) is 5.32. The summed E-state index contributed by atoms with van der Waals surface area (Å²) in [5.41, 5.74) is -2.63. The number of carbonyl (C=O) groups is 1. The molecule has 2 unspecified atom stereocenters. The fourth-order valence-corrected chi connectivity index (χ4v) is 3.88. The molecule has 1 heterocycles. The molecule has 0 spiro atoms. The SMILES string of the molecule is COc1ccc(CC(=O)N2N=C3CCCCCC3C2(O)C(F)(F)F)cc1OC. The monoisotopic (exact) mass is 400 g/mol. The average Bonchev–Trinajstić information content (AvgIpc) is 2.80. The van der Waals surface area contributed by atoms with E-state index in [2.05, 4.69) is 5.10 Å². The van der Waals surface area contributed by atoms with Gasteiger partial charge in [0.15, 0.2) is 11.5 Å². The minimum atomic E-state index is -5.01. The first kappa shape index (κ1) is 20.4. The second-order valence-corrected chi connectivity index (χ2v) is 7.04. The smallest absolute Gasteiger partial charge is 0.439 e. The topological polar surface area (TPSA) is 71.4 Å². The quantitative estimate of drug-likeness (QED) is 0.842. The lowest BCUT2D eigenvalue weighted by Crippen LogP contribution is -2.61. The first-order valence-corrected chi connectivity index (χ1v) is 9.12. The van der Waals surface area contributed by atoms with E-state index < -0.39 is 23.7 Å². The van der Waals surface area contributed by atoms with Crippen molar-refractivity contribution < 1.29 is 32.5 Å². The van der Waals surface area contributed by atoms with E-state index in [0.717, 1.165) is 6.42 Å². The summed E-state index contributed by atoms with van der Waals surface area (Å²) >= 11 is 0. The van der Waals surface area contributed by atoms with Gasteiger partial charge in [-0.2, -0.15) is 23.3 Å². The van der Waals surface area contributed by atoms with Gasteiger partial charge in [0.1, 0.15) is 0 Å². The van der Waals surface area contributed by atoms with Crippen LogP contribution in [0, 0.1) is 5.92 Å². The Bertz CT molecular complexity index is 781. The first-order valence-electron chi connectivity index (χ1n) is 9.12. The lowest BCUT2D eigenvalue weighted by atomic mass is 9.87. The van der Waals surface area contributed by atoms with Gasteiger partial charge in [-0.05, 0) is 37.0 Å². The van der Waals surface area contributed by atoms with Crippen LogP contribution < -0.4 is 9.47 Å². The van der Waals surface area contributed by atoms with Gasteiger partial charge in [0.05, 0.1) is 26.6 Å². The van der Waals surface area contributed by atoms with Crippen LogP contribution >= 0.6 is 0 Å². The molecule has 2 aliphatic rings. The van der Waals surface area contributed by atoms with Gasteiger partial charge < -0.3 is 14.6 Å². The molecule has 3 rings (SSSR count). The van der Waals surface area contributed by atoms with Crippen LogP contribution in [0.4, 0.5) is 13.2 Å². The van der Waals surface area contributed by atoms with Crippen molar-refractivity contribution in [3.05, 3.63) is 23.8 Å². The lowest BCUT2D eigenvalue weighted by molar-refractivity contribution is -0.316. The number of carbonyl (C=O) groups excluding carboxylic acids is 1. The van der Waals surface area contributed by atoms with Crippen LogP contribution in [0.2, 0.25) is 0 Å². The minimum Gasteiger partial charge on any atom is -0.493 e. The van der Waals surface area contributed by atoms with E-state index in [1.165, 1.54) is 20.3 Å². The summed E-state index contributed by atoms with van der Waals surface area (Å²) in [7, 11) is 2.88. The molecule has 2 atom stereocenters. The number of methoxy groups -OCH3 is 2. The number of aliphatic hydroxyl groups is 1. The molecule has 1 fully saturated rings. The maximum absolute atomic E-state index is 13.9. The van der Waals surface area contributed by atoms with Gasteiger partial charge in [-0.3, -0.25) is 4.79 Å². The van der Waals surface area contributed by atoms with Gasteiger partial charge in [0.2, 0.25) is 5.91 Å². The van der Waals surface area contributed by atoms with Crippen molar-refractivity contribution >= 4 is 11.6 Å². The van der Waals surface area contributed by atoms with Gasteiger partial charge in [-0.1, -0.05) is 18.9 Å². The van der Waals surface area contributed by atoms with Crippen molar-refractivity contribution in [2.24, 2.45) is 11.0 Å². The summed E-state index contributed by atoms with van der Waals surface area (Å²) in [5.74, 6) is -1.34. The number of hydrazone groups is 1. The summed E-state index contributed by atoms with van der Waals surface area (Å²) in [4.78, 5) is 12.7. The summed E-state index contributed by atoms with van der Waals surface area (Å²) in [6.45, 7) is 0. The van der Waals surface area contributed by atoms with Crippen molar-refractivity contribution in [3.63, 3.8) is 0 Å². The van der Waals surface area contributed by atoms with E-state index in [9.17, 15) is 23.1 Å². The molecule has 1 N–H and O–H groups in total. The van der Waals surface area contributed by atoms with Gasteiger partial charge in [0, 0.05) is 5.71 Å². The zero-order valence-corrected chi connectivity index (χ0v) is 15.8. The van der Waals surface area contributed by atoms with E-state index in [0.29, 0.717) is 36.3 Å². The maximum Gasteiger partial charge on any atom is 0.439 e. The molecule has 1 aromatic rings. The Morgan fingerprint density at radius 1 is 1.25 bits per heavy atom. The second-order valence-electron chi connectivity index (χ2n) is 7.04. The van der Waals surface area contributed by atoms with E-state index in [-0.39, 0.29) is 23.6 Å². The largest absolute Gasteiger partial charge is 0.493 e. The number of hydrogen-bond acceptors (Lipinski definition) is 5. The number of benzene rings is 1. The van der Waals surface area contributed by atoms with Crippen molar-refractivity contribution in [2.75, 3.05) is 14.2 Å². The Morgan fingerprint density at radius 3 is 2.61 bits per heavy atom. The third-order valence-electron chi connectivity index (χ3n) is 5.32. The molecule has 0 radical (unpaired) electrons. The zero-order chi connectivity index (χ0) is 20.5. The molecule has 1 saturated carbocycles. The molecule has 6 nitrogen and oxygen atoms in total. The lowest BCUT2D eigenvalue weighted by Gasteiger charge is -2.37. The van der Waals surface area contributed by atoms with E-state index in [4.69, 9.17) is 9.47 Å². The number of amides is 1. The van der Waals surface area contributed by atoms with Crippen molar-refractivity contribution in [2.45, 2.75) is 50.4 Å². The molecule has 1 aliphatic carbocycles. The number of fused-ring (bicyclic) bond motifs is 1. The Morgan fingerprint density at radius 2 is 1.96 bits per heavy atom. The highest BCUT2D eigenvalue weighted by molar-refractivity contribution is 5.93. The highest BCUT2D eigenvalue weighted by Gasteiger charge is 2.68. The highest BCUT2D eigenvalue weighted by atomic mass is 19.4. The standard InChI is InChI=1S/C19H23F3N2O4/c1-27-15-9-8-12(10-16(15)28-2)11-17(25)24-18(26,19(20,21)22)13-6-4-3-5-7-14(13)23-24/h8-10,13,26H,3-7,11H2,1-2H3. The fourth-order valence-electron chi connectivity index (χ4n) is 3.88. The summed E-state index contributed by atoms with van der Waals surface area (Å²) in [6.07, 6.45) is -2.84. The number of hydrogen-bond donors (Lipinski definition) is 1. The molecular formula is C19H23F3N2O4. The molecule has 9 heteroatoms. The number of rotatable bonds is 4. The van der Waals surface area contributed by atoms with Crippen LogP contribution in [-0.2, 0) is 11.2 Å². The molecule has 1 amide bonds. The Labute approximate surface area is 160 Å². The summed E-state index contributed by atoms with van der Waals surface area (Å²) in [5, 5.41) is 14.8. The molecule has 1 aliphatic heterocycles. The van der Waals surface area contributed by atoms with Crippen LogP contribution in [0.25, 0.3) is 0 Å². The number of ether oxygens (including phenoxy) is 2. The van der Waals surface area contributed by atoms with Gasteiger partial charge in [-0.25, -0.2) is 0 Å². The Kier molecular flexibility index (Phi) is 5.56. The number of halogens is 3. The van der Waals surface area contributed by atoms with Gasteiger partial charge in [0.25, 0.3) is 5.72 Å². The maximum atomic E-state index is 13.9. The summed E-state index contributed by atoms with van der Waals surface area (Å²) < 4.78 is 51.9. The number of nitrogens with zero attached hydrogens (tertiary/aromatic N) is 2. The summed E-state index contributed by atoms with van der Waals surface area (Å²) in [6, 6.07) is 4.65. The van der Waals surface area contributed by atoms with E-state index in [1.807, 2.05) is 0 Å². The molecule has 0 saturated heterocycles. The number of alkyl halides is 3. The van der Waals surface area contributed by atoms with Crippen molar-refractivity contribution in [3.8, 4) is 11.5 Å². The van der Waals surface area contributed by atoms with Gasteiger partial charge in [-0.15, -0.1) is 0 Å². The molecule has 154 valence electrons. The predicted octanol–water partition coefficient (Wildman–Crippen LogP) is 3.28. The minimum absolute atomic E-state index is 0.148. The van der Waals surface area contributed by atoms with Crippen molar-refractivity contribution in [1.29, 1.82) is 0 Å². The first-order chi connectivity index (χ1) is 13.2. The van der Waals surface area contributed by atoms with E-state index in [1.54, 1.807) is 12.1 Å². The molecule has 0 bridgehead atoms. The van der Waals surface area contributed by atoms with Crippen LogP contribution in [-0.4, -0.2) is 47.9 Å². The van der Waals surface area contributed by atoms with Crippen LogP contribution in [0.5, 0.6) is 11.5 Å². The Hall–Kier alpha value is -2.29. The van der Waals surface area contributed by atoms with Crippen LogP contribution in [0.15, 0.2) is 23.3 Å². The predicted molar refractivity (Wildman–Crippen MR) is 95.1 cm³/mol. The van der Waals surface area contributed by atoms with E-state index >= 15 is 0 Å². The molecule has 1 aromatic carbocycles.